The zero-order valence-corrected chi connectivity index (χ0v) is 12.8. The first kappa shape index (κ1) is 14.7. The Bertz CT molecular complexity index is 395. The standard InChI is InChI=1S/C14H19BrOS/c1-3-4-5-6-13(15)11-17(16)14-9-7-12(2)8-10-14/h7-11H,3-6H2,1-2H3/b13-11-. The summed E-state index contributed by atoms with van der Waals surface area (Å²) in [7, 11) is -1.04. The lowest BCUT2D eigenvalue weighted by Crippen LogP contribution is -1.88. The molecule has 0 aliphatic heterocycles. The van der Waals surface area contributed by atoms with Crippen molar-refractivity contribution >= 4 is 26.7 Å². The van der Waals surface area contributed by atoms with Gasteiger partial charge in [-0.25, -0.2) is 4.21 Å². The highest BCUT2D eigenvalue weighted by atomic mass is 79.9. The number of allylic oxidation sites excluding steroid dienone is 1. The molecule has 1 atom stereocenters. The zero-order valence-electron chi connectivity index (χ0n) is 10.4. The maximum atomic E-state index is 12.0. The number of halogens is 1. The van der Waals surface area contributed by atoms with Gasteiger partial charge in [0.1, 0.15) is 0 Å². The van der Waals surface area contributed by atoms with Crippen LogP contribution in [0, 0.1) is 6.92 Å². The molecule has 94 valence electrons. The van der Waals surface area contributed by atoms with Gasteiger partial charge in [0.15, 0.2) is 0 Å². The van der Waals surface area contributed by atoms with Gasteiger partial charge in [-0.05, 0) is 31.9 Å². The van der Waals surface area contributed by atoms with Crippen LogP contribution in [0.25, 0.3) is 0 Å². The van der Waals surface area contributed by atoms with Crippen LogP contribution in [0.1, 0.15) is 38.2 Å². The van der Waals surface area contributed by atoms with Gasteiger partial charge in [0.05, 0.1) is 10.8 Å². The van der Waals surface area contributed by atoms with Crippen molar-refractivity contribution in [1.82, 2.24) is 0 Å². The maximum absolute atomic E-state index is 12.0. The highest BCUT2D eigenvalue weighted by Crippen LogP contribution is 2.18. The van der Waals surface area contributed by atoms with E-state index in [0.29, 0.717) is 0 Å². The fourth-order valence-corrected chi connectivity index (χ4v) is 3.14. The van der Waals surface area contributed by atoms with E-state index in [1.165, 1.54) is 18.4 Å². The second-order valence-corrected chi connectivity index (χ2v) is 6.45. The molecular formula is C14H19BrOS. The Labute approximate surface area is 115 Å². The molecule has 3 heteroatoms. The molecule has 1 unspecified atom stereocenters. The number of hydrogen-bond donors (Lipinski definition) is 0. The van der Waals surface area contributed by atoms with E-state index in [0.717, 1.165) is 22.2 Å². The monoisotopic (exact) mass is 314 g/mol. The van der Waals surface area contributed by atoms with Gasteiger partial charge < -0.3 is 0 Å². The summed E-state index contributed by atoms with van der Waals surface area (Å²) in [6.45, 7) is 4.21. The Morgan fingerprint density at radius 2 is 1.94 bits per heavy atom. The SMILES string of the molecule is CCCCC/C(Br)=C/S(=O)c1ccc(C)cc1. The normalized spacial score (nSPS) is 13.7. The Hall–Kier alpha value is -0.410. The second kappa shape index (κ2) is 7.83. The summed E-state index contributed by atoms with van der Waals surface area (Å²) in [6, 6.07) is 7.83. The van der Waals surface area contributed by atoms with E-state index in [-0.39, 0.29) is 0 Å². The number of hydrogen-bond acceptors (Lipinski definition) is 1. The molecule has 0 bridgehead atoms. The van der Waals surface area contributed by atoms with Crippen molar-refractivity contribution in [1.29, 1.82) is 0 Å². The summed E-state index contributed by atoms with van der Waals surface area (Å²) in [5, 5.41) is 1.81. The van der Waals surface area contributed by atoms with Crippen LogP contribution in [-0.4, -0.2) is 4.21 Å². The average Bonchev–Trinajstić information content (AvgIpc) is 2.30. The molecule has 0 heterocycles. The van der Waals surface area contributed by atoms with Crippen molar-refractivity contribution in [3.8, 4) is 0 Å². The molecule has 0 spiro atoms. The molecule has 0 saturated heterocycles. The molecule has 1 nitrogen and oxygen atoms in total. The smallest absolute Gasteiger partial charge is 0.0784 e. The van der Waals surface area contributed by atoms with E-state index in [2.05, 4.69) is 22.9 Å². The predicted octanol–water partition coefficient (Wildman–Crippen LogP) is 4.92. The fourth-order valence-electron chi connectivity index (χ4n) is 1.46. The predicted molar refractivity (Wildman–Crippen MR) is 78.7 cm³/mol. The van der Waals surface area contributed by atoms with Crippen molar-refractivity contribution in [2.45, 2.75) is 44.4 Å². The van der Waals surface area contributed by atoms with Gasteiger partial charge >= 0.3 is 0 Å². The third-order valence-corrected chi connectivity index (χ3v) is 4.67. The number of rotatable bonds is 6. The minimum absolute atomic E-state index is 0.864. The number of benzene rings is 1. The third-order valence-electron chi connectivity index (χ3n) is 2.51. The van der Waals surface area contributed by atoms with Gasteiger partial charge in [-0.15, -0.1) is 0 Å². The van der Waals surface area contributed by atoms with Crippen LogP contribution in [0.3, 0.4) is 0 Å². The summed E-state index contributed by atoms with van der Waals surface area (Å²) in [6.07, 6.45) is 4.56. The number of unbranched alkanes of at least 4 members (excludes halogenated alkanes) is 2. The highest BCUT2D eigenvalue weighted by Gasteiger charge is 2.01. The van der Waals surface area contributed by atoms with Crippen molar-refractivity contribution < 1.29 is 4.21 Å². The van der Waals surface area contributed by atoms with Gasteiger partial charge in [0.2, 0.25) is 0 Å². The lowest BCUT2D eigenvalue weighted by Gasteiger charge is -2.00. The molecule has 0 aliphatic carbocycles. The van der Waals surface area contributed by atoms with E-state index in [9.17, 15) is 4.21 Å². The molecule has 1 rings (SSSR count). The Kier molecular flexibility index (Phi) is 6.75. The van der Waals surface area contributed by atoms with Gasteiger partial charge in [0.25, 0.3) is 0 Å². The summed E-state index contributed by atoms with van der Waals surface area (Å²) in [5.41, 5.74) is 1.19. The van der Waals surface area contributed by atoms with Gasteiger partial charge in [-0.3, -0.25) is 0 Å². The Balaban J connectivity index is 2.58. The molecule has 0 aromatic heterocycles. The quantitative estimate of drug-likeness (QED) is 0.681. The minimum Gasteiger partial charge on any atom is -0.250 e. The van der Waals surface area contributed by atoms with Crippen molar-refractivity contribution in [3.63, 3.8) is 0 Å². The van der Waals surface area contributed by atoms with Gasteiger partial charge in [0, 0.05) is 14.8 Å². The zero-order chi connectivity index (χ0) is 12.7. The Morgan fingerprint density at radius 1 is 1.29 bits per heavy atom. The van der Waals surface area contributed by atoms with Gasteiger partial charge in [-0.2, -0.15) is 0 Å². The molecule has 0 N–H and O–H groups in total. The molecule has 1 aromatic carbocycles. The van der Waals surface area contributed by atoms with E-state index in [1.807, 2.05) is 31.2 Å². The molecule has 17 heavy (non-hydrogen) atoms. The van der Waals surface area contributed by atoms with Crippen LogP contribution in [0.4, 0.5) is 0 Å². The van der Waals surface area contributed by atoms with Crippen LogP contribution < -0.4 is 0 Å². The molecule has 1 aromatic rings. The summed E-state index contributed by atoms with van der Waals surface area (Å²) < 4.78 is 13.0. The van der Waals surface area contributed by atoms with Crippen LogP contribution >= 0.6 is 15.9 Å². The van der Waals surface area contributed by atoms with E-state index < -0.39 is 10.8 Å². The fraction of sp³-hybridized carbons (Fsp3) is 0.429. The van der Waals surface area contributed by atoms with Crippen LogP contribution in [-0.2, 0) is 10.8 Å². The van der Waals surface area contributed by atoms with Gasteiger partial charge in [-0.1, -0.05) is 53.4 Å². The van der Waals surface area contributed by atoms with Crippen molar-refractivity contribution in [2.75, 3.05) is 0 Å². The summed E-state index contributed by atoms with van der Waals surface area (Å²) in [5.74, 6) is 0. The maximum Gasteiger partial charge on any atom is 0.0784 e. The van der Waals surface area contributed by atoms with E-state index in [1.54, 1.807) is 5.41 Å². The van der Waals surface area contributed by atoms with Crippen LogP contribution in [0.15, 0.2) is 39.1 Å². The highest BCUT2D eigenvalue weighted by molar-refractivity contribution is 9.11. The first-order valence-electron chi connectivity index (χ1n) is 5.97. The molecule has 0 fully saturated rings. The lowest BCUT2D eigenvalue weighted by atomic mass is 10.2. The third kappa shape index (κ3) is 5.64. The molecule has 0 aliphatic rings. The molecule has 0 radical (unpaired) electrons. The molecule has 0 saturated carbocycles. The van der Waals surface area contributed by atoms with Crippen molar-refractivity contribution in [3.05, 3.63) is 39.7 Å². The summed E-state index contributed by atoms with van der Waals surface area (Å²) >= 11 is 3.49. The average molecular weight is 315 g/mol. The Morgan fingerprint density at radius 3 is 2.53 bits per heavy atom. The first-order valence-corrected chi connectivity index (χ1v) is 7.97. The minimum atomic E-state index is -1.04. The lowest BCUT2D eigenvalue weighted by molar-refractivity contribution is 0.688. The van der Waals surface area contributed by atoms with E-state index in [4.69, 9.17) is 0 Å². The van der Waals surface area contributed by atoms with E-state index >= 15 is 0 Å². The first-order chi connectivity index (χ1) is 8.13. The van der Waals surface area contributed by atoms with Crippen LogP contribution in [0.2, 0.25) is 0 Å². The number of aryl methyl sites for hydroxylation is 1. The second-order valence-electron chi connectivity index (χ2n) is 4.13. The van der Waals surface area contributed by atoms with Crippen LogP contribution in [0.5, 0.6) is 0 Å². The summed E-state index contributed by atoms with van der Waals surface area (Å²) in [4.78, 5) is 0.864. The topological polar surface area (TPSA) is 17.1 Å². The van der Waals surface area contributed by atoms with Crippen molar-refractivity contribution in [2.24, 2.45) is 0 Å². The molecular weight excluding hydrogens is 296 g/mol. The largest absolute Gasteiger partial charge is 0.250 e. The molecule has 0 amide bonds.